The fourth-order valence-electron chi connectivity index (χ4n) is 3.91. The number of amides is 1. The van der Waals surface area contributed by atoms with Gasteiger partial charge in [-0.15, -0.1) is 0 Å². The van der Waals surface area contributed by atoms with Gasteiger partial charge < -0.3 is 15.0 Å². The molecule has 7 heteroatoms. The molecule has 1 aromatic heterocycles. The van der Waals surface area contributed by atoms with Crippen molar-refractivity contribution in [3.05, 3.63) is 12.2 Å². The second-order valence-electron chi connectivity index (χ2n) is 8.31. The molecule has 0 saturated carbocycles. The molecule has 1 amide bonds. The number of rotatable bonds is 4. The summed E-state index contributed by atoms with van der Waals surface area (Å²) in [6.45, 7) is 9.69. The summed E-state index contributed by atoms with van der Waals surface area (Å²) in [5.74, 6) is 1.04. The summed E-state index contributed by atoms with van der Waals surface area (Å²) >= 11 is 0. The van der Waals surface area contributed by atoms with Crippen LogP contribution in [0, 0.1) is 0 Å². The normalized spacial score (nSPS) is 24.9. The molecule has 3 heterocycles. The predicted octanol–water partition coefficient (Wildman–Crippen LogP) is 2.88. The summed E-state index contributed by atoms with van der Waals surface area (Å²) in [6.07, 6.45) is 6.70. The second-order valence-corrected chi connectivity index (χ2v) is 8.31. The molecule has 2 aliphatic rings. The summed E-state index contributed by atoms with van der Waals surface area (Å²) in [7, 11) is 0. The maximum Gasteiger partial charge on any atom is 0.410 e. The molecule has 25 heavy (non-hydrogen) atoms. The van der Waals surface area contributed by atoms with E-state index in [-0.39, 0.29) is 18.2 Å². The van der Waals surface area contributed by atoms with Crippen LogP contribution in [0.4, 0.5) is 4.79 Å². The Hall–Kier alpha value is -1.63. The Morgan fingerprint density at radius 3 is 2.88 bits per heavy atom. The molecule has 2 aliphatic heterocycles. The van der Waals surface area contributed by atoms with E-state index in [9.17, 15) is 4.79 Å². The molecule has 1 saturated heterocycles. The number of aromatic nitrogens is 3. The van der Waals surface area contributed by atoms with Crippen LogP contribution in [0.3, 0.4) is 0 Å². The van der Waals surface area contributed by atoms with E-state index in [2.05, 4.69) is 22.3 Å². The number of nitrogens with one attached hydrogen (secondary N) is 1. The van der Waals surface area contributed by atoms with E-state index >= 15 is 0 Å². The van der Waals surface area contributed by atoms with Crippen molar-refractivity contribution in [1.82, 2.24) is 25.0 Å². The highest BCUT2D eigenvalue weighted by Crippen LogP contribution is 2.27. The number of nitrogens with zero attached hydrogens (tertiary/aromatic N) is 4. The van der Waals surface area contributed by atoms with Gasteiger partial charge in [-0.3, -0.25) is 0 Å². The van der Waals surface area contributed by atoms with Crippen LogP contribution in [0.25, 0.3) is 0 Å². The lowest BCUT2D eigenvalue weighted by Crippen LogP contribution is -2.43. The van der Waals surface area contributed by atoms with Crippen molar-refractivity contribution >= 4 is 6.09 Å². The highest BCUT2D eigenvalue weighted by molar-refractivity contribution is 5.68. The van der Waals surface area contributed by atoms with E-state index in [4.69, 9.17) is 4.74 Å². The van der Waals surface area contributed by atoms with Crippen molar-refractivity contribution in [2.45, 2.75) is 90.1 Å². The van der Waals surface area contributed by atoms with E-state index in [1.54, 1.807) is 6.33 Å². The van der Waals surface area contributed by atoms with E-state index < -0.39 is 5.60 Å². The maximum absolute atomic E-state index is 12.4. The molecule has 0 unspecified atom stereocenters. The Morgan fingerprint density at radius 1 is 1.36 bits per heavy atom. The molecule has 0 aliphatic carbocycles. The Labute approximate surface area is 150 Å². The number of likely N-dealkylation sites (tertiary alicyclic amines) is 1. The Kier molecular flexibility index (Phi) is 5.32. The molecule has 1 aromatic rings. The number of hydrogen-bond donors (Lipinski definition) is 1. The largest absolute Gasteiger partial charge is 0.444 e. The van der Waals surface area contributed by atoms with Crippen LogP contribution in [0.1, 0.15) is 71.7 Å². The van der Waals surface area contributed by atoms with Crippen molar-refractivity contribution in [3.63, 3.8) is 0 Å². The summed E-state index contributed by atoms with van der Waals surface area (Å²) in [5, 5.41) is 7.98. The van der Waals surface area contributed by atoms with Gasteiger partial charge in [0.15, 0.2) is 0 Å². The summed E-state index contributed by atoms with van der Waals surface area (Å²) in [6, 6.07) is 0.808. The summed E-state index contributed by atoms with van der Waals surface area (Å²) in [5.41, 5.74) is -0.444. The minimum absolute atomic E-state index is 0.181. The first-order valence-corrected chi connectivity index (χ1v) is 9.47. The zero-order chi connectivity index (χ0) is 18.0. The smallest absolute Gasteiger partial charge is 0.410 e. The van der Waals surface area contributed by atoms with Crippen LogP contribution < -0.4 is 5.32 Å². The fraction of sp³-hybridized carbons (Fsp3) is 0.833. The van der Waals surface area contributed by atoms with Crippen molar-refractivity contribution in [1.29, 1.82) is 0 Å². The maximum atomic E-state index is 12.4. The Bertz CT molecular complexity index is 595. The minimum atomic E-state index is -0.444. The SMILES string of the molecule is C[C@H](C[C@H]1CCCN1C(=O)OC(C)(C)C)N[C@H]1CCCn2ncnc21. The van der Waals surface area contributed by atoms with Gasteiger partial charge in [0, 0.05) is 25.2 Å². The molecule has 3 atom stereocenters. The molecule has 1 fully saturated rings. The highest BCUT2D eigenvalue weighted by Gasteiger charge is 2.33. The third-order valence-corrected chi connectivity index (χ3v) is 4.94. The number of carbonyl (C=O) groups excluding carboxylic acids is 1. The highest BCUT2D eigenvalue weighted by atomic mass is 16.6. The lowest BCUT2D eigenvalue weighted by Gasteiger charge is -2.32. The first kappa shape index (κ1) is 18.2. The average molecular weight is 349 g/mol. The van der Waals surface area contributed by atoms with Crippen LogP contribution in [0.5, 0.6) is 0 Å². The third kappa shape index (κ3) is 4.51. The Balaban J connectivity index is 1.56. The molecule has 0 spiro atoms. The van der Waals surface area contributed by atoms with Crippen molar-refractivity contribution < 1.29 is 9.53 Å². The van der Waals surface area contributed by atoms with Crippen LogP contribution in [-0.2, 0) is 11.3 Å². The number of ether oxygens (including phenoxy) is 1. The standard InChI is InChI=1S/C18H31N5O2/c1-13(21-15-8-6-10-23-16(15)19-12-20-23)11-14-7-5-9-22(14)17(24)25-18(2,3)4/h12-15,21H,5-11H2,1-4H3/t13-,14-,15+/m1/s1. The lowest BCUT2D eigenvalue weighted by atomic mass is 10.0. The number of fused-ring (bicyclic) bond motifs is 1. The van der Waals surface area contributed by atoms with Gasteiger partial charge in [-0.1, -0.05) is 0 Å². The fourth-order valence-corrected chi connectivity index (χ4v) is 3.91. The minimum Gasteiger partial charge on any atom is -0.444 e. The van der Waals surface area contributed by atoms with Crippen LogP contribution in [-0.4, -0.2) is 50.0 Å². The topological polar surface area (TPSA) is 72.3 Å². The molecule has 0 radical (unpaired) electrons. The van der Waals surface area contributed by atoms with E-state index in [0.717, 1.165) is 51.0 Å². The second kappa shape index (κ2) is 7.32. The summed E-state index contributed by atoms with van der Waals surface area (Å²) in [4.78, 5) is 18.8. The molecule has 0 aromatic carbocycles. The van der Waals surface area contributed by atoms with E-state index in [1.165, 1.54) is 0 Å². The first-order chi connectivity index (χ1) is 11.8. The number of carbonyl (C=O) groups is 1. The number of hydrogen-bond acceptors (Lipinski definition) is 5. The molecular formula is C18H31N5O2. The van der Waals surface area contributed by atoms with E-state index in [1.807, 2.05) is 30.4 Å². The first-order valence-electron chi connectivity index (χ1n) is 9.47. The average Bonchev–Trinajstić information content (AvgIpc) is 3.14. The van der Waals surface area contributed by atoms with Gasteiger partial charge in [0.05, 0.1) is 6.04 Å². The van der Waals surface area contributed by atoms with Gasteiger partial charge in [-0.05, 0) is 59.8 Å². The molecular weight excluding hydrogens is 318 g/mol. The zero-order valence-corrected chi connectivity index (χ0v) is 15.9. The Morgan fingerprint density at radius 2 is 2.12 bits per heavy atom. The van der Waals surface area contributed by atoms with Crippen molar-refractivity contribution in [3.8, 4) is 0 Å². The summed E-state index contributed by atoms with van der Waals surface area (Å²) < 4.78 is 7.56. The molecule has 140 valence electrons. The quantitative estimate of drug-likeness (QED) is 0.905. The van der Waals surface area contributed by atoms with E-state index in [0.29, 0.717) is 6.04 Å². The predicted molar refractivity (Wildman–Crippen MR) is 95.2 cm³/mol. The van der Waals surface area contributed by atoms with Gasteiger partial charge in [0.2, 0.25) is 0 Å². The third-order valence-electron chi connectivity index (χ3n) is 4.94. The molecule has 1 N–H and O–H groups in total. The van der Waals surface area contributed by atoms with Crippen LogP contribution in [0.2, 0.25) is 0 Å². The van der Waals surface area contributed by atoms with Crippen molar-refractivity contribution in [2.75, 3.05) is 6.54 Å². The van der Waals surface area contributed by atoms with Gasteiger partial charge in [0.1, 0.15) is 17.8 Å². The molecule has 0 bridgehead atoms. The number of aryl methyl sites for hydroxylation is 1. The van der Waals surface area contributed by atoms with Gasteiger partial charge in [0.25, 0.3) is 0 Å². The van der Waals surface area contributed by atoms with Crippen LogP contribution in [0.15, 0.2) is 6.33 Å². The van der Waals surface area contributed by atoms with Gasteiger partial charge in [-0.2, -0.15) is 5.10 Å². The van der Waals surface area contributed by atoms with Crippen LogP contribution >= 0.6 is 0 Å². The zero-order valence-electron chi connectivity index (χ0n) is 15.9. The van der Waals surface area contributed by atoms with Crippen molar-refractivity contribution in [2.24, 2.45) is 0 Å². The van der Waals surface area contributed by atoms with Gasteiger partial charge >= 0.3 is 6.09 Å². The molecule has 7 nitrogen and oxygen atoms in total. The monoisotopic (exact) mass is 349 g/mol. The molecule has 3 rings (SSSR count). The van der Waals surface area contributed by atoms with Gasteiger partial charge in [-0.25, -0.2) is 14.5 Å². The lowest BCUT2D eigenvalue weighted by molar-refractivity contribution is 0.0213.